The molecule has 0 radical (unpaired) electrons. The van der Waals surface area contributed by atoms with Crippen molar-refractivity contribution in [3.05, 3.63) is 26.7 Å². The number of thioether (sulfide) groups is 1. The Labute approximate surface area is 150 Å². The molecule has 0 N–H and O–H groups in total. The first-order chi connectivity index (χ1) is 11.9. The Morgan fingerprint density at radius 1 is 1.28 bits per heavy atom. The van der Waals surface area contributed by atoms with Gasteiger partial charge in [-0.3, -0.25) is 13.9 Å². The van der Waals surface area contributed by atoms with Gasteiger partial charge in [0.15, 0.2) is 5.65 Å². The lowest BCUT2D eigenvalue weighted by atomic mass is 10.2. The first kappa shape index (κ1) is 19.2. The molecular weight excluding hydrogens is 338 g/mol. The molecule has 2 heterocycles. The average molecular weight is 361 g/mol. The van der Waals surface area contributed by atoms with E-state index in [0.717, 1.165) is 17.4 Å². The van der Waals surface area contributed by atoms with Gasteiger partial charge in [0, 0.05) is 31.7 Å². The van der Waals surface area contributed by atoms with E-state index in [1.54, 1.807) is 4.57 Å². The number of hydrogen-bond acceptors (Lipinski definition) is 6. The molecule has 0 aromatic carbocycles. The van der Waals surface area contributed by atoms with Gasteiger partial charge in [-0.2, -0.15) is 5.26 Å². The Morgan fingerprint density at radius 3 is 2.60 bits per heavy atom. The average Bonchev–Trinajstić information content (AvgIpc) is 2.59. The van der Waals surface area contributed by atoms with Gasteiger partial charge in [0.1, 0.15) is 16.2 Å². The van der Waals surface area contributed by atoms with Crippen molar-refractivity contribution in [2.45, 2.75) is 57.5 Å². The standard InChI is InChI=1S/C17H23N5O2S/c1-5-9-22-14-12(16(23)21(4)17(22)24)15(25-10-7-6-8-18)20-13(19-14)11(2)3/h11H,5-7,9-10H2,1-4H3. The second-order valence-corrected chi connectivity index (χ2v) is 7.23. The van der Waals surface area contributed by atoms with E-state index in [9.17, 15) is 9.59 Å². The van der Waals surface area contributed by atoms with E-state index in [0.29, 0.717) is 40.6 Å². The molecule has 0 bridgehead atoms. The molecule has 2 aromatic heterocycles. The van der Waals surface area contributed by atoms with Crippen LogP contribution in [0.1, 0.15) is 51.8 Å². The Hall–Kier alpha value is -2.14. The number of unbranched alkanes of at least 4 members (excludes halogenated alkanes) is 1. The number of nitrogens with zero attached hydrogens (tertiary/aromatic N) is 5. The highest BCUT2D eigenvalue weighted by atomic mass is 32.2. The van der Waals surface area contributed by atoms with E-state index in [-0.39, 0.29) is 17.2 Å². The van der Waals surface area contributed by atoms with E-state index in [4.69, 9.17) is 5.26 Å². The van der Waals surface area contributed by atoms with Gasteiger partial charge < -0.3 is 0 Å². The van der Waals surface area contributed by atoms with E-state index in [1.807, 2.05) is 20.8 Å². The van der Waals surface area contributed by atoms with E-state index in [1.165, 1.54) is 18.8 Å². The summed E-state index contributed by atoms with van der Waals surface area (Å²) in [6.07, 6.45) is 1.95. The van der Waals surface area contributed by atoms with Crippen LogP contribution in [0.4, 0.5) is 0 Å². The van der Waals surface area contributed by atoms with Crippen molar-refractivity contribution in [3.8, 4) is 6.07 Å². The van der Waals surface area contributed by atoms with Crippen molar-refractivity contribution in [2.75, 3.05) is 5.75 Å². The number of nitriles is 1. The summed E-state index contributed by atoms with van der Waals surface area (Å²) in [5.74, 6) is 1.39. The Kier molecular flexibility index (Phi) is 6.37. The van der Waals surface area contributed by atoms with Gasteiger partial charge in [-0.25, -0.2) is 14.8 Å². The molecule has 0 aliphatic carbocycles. The van der Waals surface area contributed by atoms with Crippen LogP contribution in [0.2, 0.25) is 0 Å². The first-order valence-corrected chi connectivity index (χ1v) is 9.42. The van der Waals surface area contributed by atoms with Crippen LogP contribution >= 0.6 is 11.8 Å². The monoisotopic (exact) mass is 361 g/mol. The summed E-state index contributed by atoms with van der Waals surface area (Å²) in [7, 11) is 1.48. The molecular formula is C17H23N5O2S. The smallest absolute Gasteiger partial charge is 0.277 e. The van der Waals surface area contributed by atoms with Crippen molar-refractivity contribution < 1.29 is 0 Å². The highest BCUT2D eigenvalue weighted by Crippen LogP contribution is 2.25. The third-order valence-electron chi connectivity index (χ3n) is 3.80. The van der Waals surface area contributed by atoms with Crippen LogP contribution < -0.4 is 11.2 Å². The van der Waals surface area contributed by atoms with Crippen molar-refractivity contribution in [3.63, 3.8) is 0 Å². The molecule has 0 unspecified atom stereocenters. The zero-order chi connectivity index (χ0) is 18.6. The third kappa shape index (κ3) is 3.93. The van der Waals surface area contributed by atoms with Gasteiger partial charge in [-0.15, -0.1) is 11.8 Å². The second-order valence-electron chi connectivity index (χ2n) is 6.15. The first-order valence-electron chi connectivity index (χ1n) is 8.43. The maximum atomic E-state index is 12.7. The van der Waals surface area contributed by atoms with Crippen LogP contribution in [-0.2, 0) is 13.6 Å². The Morgan fingerprint density at radius 2 is 2.00 bits per heavy atom. The SMILES string of the molecule is CCCn1c(=O)n(C)c(=O)c2c(SCCCC#N)nc(C(C)C)nc21. The highest BCUT2D eigenvalue weighted by molar-refractivity contribution is 7.99. The van der Waals surface area contributed by atoms with Crippen molar-refractivity contribution >= 4 is 22.8 Å². The fourth-order valence-electron chi connectivity index (χ4n) is 2.46. The molecule has 2 rings (SSSR count). The van der Waals surface area contributed by atoms with Gasteiger partial charge in [-0.1, -0.05) is 20.8 Å². The minimum atomic E-state index is -0.370. The van der Waals surface area contributed by atoms with Gasteiger partial charge in [0.25, 0.3) is 5.56 Å². The molecule has 0 amide bonds. The normalized spacial score (nSPS) is 11.2. The largest absolute Gasteiger partial charge is 0.332 e. The van der Waals surface area contributed by atoms with Crippen LogP contribution in [-0.4, -0.2) is 24.9 Å². The lowest BCUT2D eigenvalue weighted by Crippen LogP contribution is -2.39. The van der Waals surface area contributed by atoms with Crippen LogP contribution in [0.25, 0.3) is 11.0 Å². The molecule has 2 aromatic rings. The Bertz CT molecular complexity index is 924. The number of aromatic nitrogens is 4. The predicted molar refractivity (Wildman–Crippen MR) is 99.0 cm³/mol. The van der Waals surface area contributed by atoms with Crippen LogP contribution in [0.5, 0.6) is 0 Å². The number of aryl methyl sites for hydroxylation is 1. The number of rotatable bonds is 7. The van der Waals surface area contributed by atoms with Gasteiger partial charge in [0.2, 0.25) is 0 Å². The van der Waals surface area contributed by atoms with Gasteiger partial charge in [-0.05, 0) is 12.8 Å². The molecule has 0 fully saturated rings. The molecule has 0 aliphatic rings. The van der Waals surface area contributed by atoms with Crippen molar-refractivity contribution in [2.24, 2.45) is 7.05 Å². The predicted octanol–water partition coefficient (Wildman–Crippen LogP) is 2.42. The maximum absolute atomic E-state index is 12.7. The summed E-state index contributed by atoms with van der Waals surface area (Å²) in [4.78, 5) is 34.3. The molecule has 0 saturated heterocycles. The summed E-state index contributed by atoms with van der Waals surface area (Å²) in [6, 6.07) is 2.12. The van der Waals surface area contributed by atoms with Crippen molar-refractivity contribution in [1.82, 2.24) is 19.1 Å². The summed E-state index contributed by atoms with van der Waals surface area (Å²) >= 11 is 1.45. The fraction of sp³-hybridized carbons (Fsp3) is 0.588. The zero-order valence-corrected chi connectivity index (χ0v) is 15.9. The summed E-state index contributed by atoms with van der Waals surface area (Å²) in [5, 5.41) is 9.67. The van der Waals surface area contributed by atoms with Gasteiger partial charge >= 0.3 is 5.69 Å². The number of hydrogen-bond donors (Lipinski definition) is 0. The molecule has 25 heavy (non-hydrogen) atoms. The lowest BCUT2D eigenvalue weighted by molar-refractivity contribution is 0.603. The quantitative estimate of drug-likeness (QED) is 0.427. The molecule has 0 atom stereocenters. The minimum Gasteiger partial charge on any atom is -0.277 e. The maximum Gasteiger partial charge on any atom is 0.332 e. The summed E-state index contributed by atoms with van der Waals surface area (Å²) < 4.78 is 2.68. The van der Waals surface area contributed by atoms with Crippen molar-refractivity contribution in [1.29, 1.82) is 5.26 Å². The van der Waals surface area contributed by atoms with Crippen LogP contribution in [0.3, 0.4) is 0 Å². The Balaban J connectivity index is 2.75. The third-order valence-corrected chi connectivity index (χ3v) is 4.86. The topological polar surface area (TPSA) is 93.6 Å². The molecule has 0 spiro atoms. The molecule has 134 valence electrons. The molecule has 0 saturated carbocycles. The summed E-state index contributed by atoms with van der Waals surface area (Å²) in [6.45, 7) is 6.44. The molecule has 0 aliphatic heterocycles. The fourth-order valence-corrected chi connectivity index (χ4v) is 3.42. The van der Waals surface area contributed by atoms with Crippen LogP contribution in [0.15, 0.2) is 14.6 Å². The lowest BCUT2D eigenvalue weighted by Gasteiger charge is -2.15. The molecule has 8 heteroatoms. The highest BCUT2D eigenvalue weighted by Gasteiger charge is 2.19. The van der Waals surface area contributed by atoms with E-state index < -0.39 is 0 Å². The second kappa shape index (κ2) is 8.30. The van der Waals surface area contributed by atoms with Crippen LogP contribution in [0, 0.1) is 11.3 Å². The summed E-state index contributed by atoms with van der Waals surface area (Å²) in [5.41, 5.74) is -0.310. The molecule has 7 nitrogen and oxygen atoms in total. The van der Waals surface area contributed by atoms with E-state index >= 15 is 0 Å². The number of fused-ring (bicyclic) bond motifs is 1. The van der Waals surface area contributed by atoms with Gasteiger partial charge in [0.05, 0.1) is 6.07 Å². The zero-order valence-electron chi connectivity index (χ0n) is 15.1. The minimum absolute atomic E-state index is 0.0806. The van der Waals surface area contributed by atoms with E-state index in [2.05, 4.69) is 16.0 Å².